The molecule has 0 unspecified atom stereocenters. The molecule has 74 valence electrons. The molecule has 2 rings (SSSR count). The maximum absolute atomic E-state index is 5.34. The summed E-state index contributed by atoms with van der Waals surface area (Å²) in [5.41, 5.74) is 0. The molecule has 2 aliphatic heterocycles. The number of hydrogen-bond donors (Lipinski definition) is 1. The van der Waals surface area contributed by atoms with Gasteiger partial charge in [-0.2, -0.15) is 0 Å². The van der Waals surface area contributed by atoms with Crippen LogP contribution in [-0.2, 0) is 0 Å². The Labute approximate surface area is 85.7 Å². The summed E-state index contributed by atoms with van der Waals surface area (Å²) in [5, 5.41) is 4.09. The Morgan fingerprint density at radius 2 is 1.62 bits per heavy atom. The summed E-state index contributed by atoms with van der Waals surface area (Å²) in [6.45, 7) is 0. The highest BCUT2D eigenvalue weighted by Crippen LogP contribution is 2.33. The van der Waals surface area contributed by atoms with Crippen molar-refractivity contribution in [2.24, 2.45) is 0 Å². The molecule has 0 radical (unpaired) electrons. The van der Waals surface area contributed by atoms with Crippen molar-refractivity contribution < 1.29 is 0 Å². The molecular formula is C10H18N2S. The Morgan fingerprint density at radius 1 is 1.15 bits per heavy atom. The van der Waals surface area contributed by atoms with Crippen LogP contribution in [-0.4, -0.2) is 29.1 Å². The van der Waals surface area contributed by atoms with Gasteiger partial charge >= 0.3 is 0 Å². The third kappa shape index (κ3) is 1.66. The Kier molecular flexibility index (Phi) is 2.72. The second kappa shape index (κ2) is 3.82. The molecule has 0 aromatic rings. The number of fused-ring (bicyclic) bond motifs is 2. The maximum Gasteiger partial charge on any atom is 0.169 e. The van der Waals surface area contributed by atoms with Crippen LogP contribution in [0, 0.1) is 0 Å². The van der Waals surface area contributed by atoms with E-state index in [1.165, 1.54) is 38.5 Å². The predicted molar refractivity (Wildman–Crippen MR) is 58.8 cm³/mol. The lowest BCUT2D eigenvalue weighted by atomic mass is 9.85. The molecule has 2 nitrogen and oxygen atoms in total. The monoisotopic (exact) mass is 198 g/mol. The fourth-order valence-corrected chi connectivity index (χ4v) is 3.08. The first kappa shape index (κ1) is 9.25. The normalized spacial score (nSPS) is 32.8. The lowest BCUT2D eigenvalue weighted by Gasteiger charge is -2.47. The van der Waals surface area contributed by atoms with Gasteiger partial charge in [0.25, 0.3) is 0 Å². The van der Waals surface area contributed by atoms with Crippen molar-refractivity contribution in [2.45, 2.75) is 50.6 Å². The minimum Gasteiger partial charge on any atom is -0.366 e. The van der Waals surface area contributed by atoms with Crippen molar-refractivity contribution in [2.75, 3.05) is 7.05 Å². The van der Waals surface area contributed by atoms with E-state index in [0.29, 0.717) is 0 Å². The highest BCUT2D eigenvalue weighted by Gasteiger charge is 2.34. The van der Waals surface area contributed by atoms with Gasteiger partial charge in [0.15, 0.2) is 5.11 Å². The molecule has 0 atom stereocenters. The van der Waals surface area contributed by atoms with E-state index < -0.39 is 0 Å². The Morgan fingerprint density at radius 3 is 2.00 bits per heavy atom. The SMILES string of the molecule is CNC(=S)N1C2CCCC1CCC2. The molecule has 13 heavy (non-hydrogen) atoms. The summed E-state index contributed by atoms with van der Waals surface area (Å²) >= 11 is 5.34. The molecule has 2 aliphatic rings. The van der Waals surface area contributed by atoms with Gasteiger partial charge in [0.1, 0.15) is 0 Å². The van der Waals surface area contributed by atoms with E-state index in [2.05, 4.69) is 10.2 Å². The molecule has 0 spiro atoms. The van der Waals surface area contributed by atoms with Gasteiger partial charge in [0.2, 0.25) is 0 Å². The van der Waals surface area contributed by atoms with Crippen LogP contribution < -0.4 is 5.32 Å². The van der Waals surface area contributed by atoms with Gasteiger partial charge in [-0.3, -0.25) is 0 Å². The lowest BCUT2D eigenvalue weighted by Crippen LogP contribution is -2.55. The quantitative estimate of drug-likeness (QED) is 0.598. The van der Waals surface area contributed by atoms with Crippen LogP contribution in [0.2, 0.25) is 0 Å². The van der Waals surface area contributed by atoms with Crippen LogP contribution in [0.25, 0.3) is 0 Å². The number of hydrogen-bond acceptors (Lipinski definition) is 1. The van der Waals surface area contributed by atoms with Gasteiger partial charge in [0.05, 0.1) is 0 Å². The Balaban J connectivity index is 2.10. The van der Waals surface area contributed by atoms with Gasteiger partial charge < -0.3 is 10.2 Å². The average molecular weight is 198 g/mol. The van der Waals surface area contributed by atoms with Crippen LogP contribution in [0.4, 0.5) is 0 Å². The van der Waals surface area contributed by atoms with E-state index >= 15 is 0 Å². The number of thiocarbonyl (C=S) groups is 1. The van der Waals surface area contributed by atoms with Crippen LogP contribution in [0.1, 0.15) is 38.5 Å². The van der Waals surface area contributed by atoms with Crippen molar-refractivity contribution in [3.63, 3.8) is 0 Å². The summed E-state index contributed by atoms with van der Waals surface area (Å²) in [4.78, 5) is 2.46. The summed E-state index contributed by atoms with van der Waals surface area (Å²) in [6.07, 6.45) is 8.18. The molecular weight excluding hydrogens is 180 g/mol. The first-order chi connectivity index (χ1) is 6.33. The van der Waals surface area contributed by atoms with E-state index in [9.17, 15) is 0 Å². The van der Waals surface area contributed by atoms with Crippen molar-refractivity contribution in [1.82, 2.24) is 10.2 Å². The van der Waals surface area contributed by atoms with E-state index in [4.69, 9.17) is 12.2 Å². The second-order valence-corrected chi connectivity index (χ2v) is 4.52. The molecule has 3 heteroatoms. The highest BCUT2D eigenvalue weighted by molar-refractivity contribution is 7.80. The minimum atomic E-state index is 0.743. The van der Waals surface area contributed by atoms with Gasteiger partial charge in [-0.05, 0) is 50.7 Å². The second-order valence-electron chi connectivity index (χ2n) is 4.13. The third-order valence-electron chi connectivity index (χ3n) is 3.38. The molecule has 0 saturated carbocycles. The summed E-state index contributed by atoms with van der Waals surface area (Å²) in [5.74, 6) is 0. The zero-order valence-electron chi connectivity index (χ0n) is 8.25. The van der Waals surface area contributed by atoms with Gasteiger partial charge in [-0.25, -0.2) is 0 Å². The summed E-state index contributed by atoms with van der Waals surface area (Å²) in [7, 11) is 1.94. The zero-order chi connectivity index (χ0) is 9.26. The largest absolute Gasteiger partial charge is 0.366 e. The van der Waals surface area contributed by atoms with Crippen molar-refractivity contribution in [1.29, 1.82) is 0 Å². The standard InChI is InChI=1S/C10H18N2S/c1-11-10(13)12-8-4-2-5-9(12)7-3-6-8/h8-9H,2-7H2,1H3,(H,11,13). The number of rotatable bonds is 0. The lowest BCUT2D eigenvalue weighted by molar-refractivity contribution is 0.110. The molecule has 0 aliphatic carbocycles. The fraction of sp³-hybridized carbons (Fsp3) is 0.900. The highest BCUT2D eigenvalue weighted by atomic mass is 32.1. The first-order valence-corrected chi connectivity index (χ1v) is 5.74. The molecule has 1 N–H and O–H groups in total. The van der Waals surface area contributed by atoms with Crippen LogP contribution in [0.3, 0.4) is 0 Å². The minimum absolute atomic E-state index is 0.743. The molecule has 2 saturated heterocycles. The predicted octanol–water partition coefficient (Wildman–Crippen LogP) is 1.90. The smallest absolute Gasteiger partial charge is 0.169 e. The summed E-state index contributed by atoms with van der Waals surface area (Å²) in [6, 6.07) is 1.49. The van der Waals surface area contributed by atoms with Crippen molar-refractivity contribution in [3.8, 4) is 0 Å². The Bertz CT molecular complexity index is 183. The van der Waals surface area contributed by atoms with Gasteiger partial charge in [-0.15, -0.1) is 0 Å². The van der Waals surface area contributed by atoms with Crippen molar-refractivity contribution in [3.05, 3.63) is 0 Å². The number of nitrogens with one attached hydrogen (secondary N) is 1. The van der Waals surface area contributed by atoms with Crippen LogP contribution >= 0.6 is 12.2 Å². The molecule has 2 fully saturated rings. The maximum atomic E-state index is 5.34. The molecule has 2 bridgehead atoms. The first-order valence-electron chi connectivity index (χ1n) is 5.33. The molecule has 0 aromatic carbocycles. The Hall–Kier alpha value is -0.310. The van der Waals surface area contributed by atoms with Gasteiger partial charge in [0, 0.05) is 19.1 Å². The summed E-state index contributed by atoms with van der Waals surface area (Å²) < 4.78 is 0. The van der Waals surface area contributed by atoms with Gasteiger partial charge in [-0.1, -0.05) is 0 Å². The topological polar surface area (TPSA) is 15.3 Å². The molecule has 0 amide bonds. The average Bonchev–Trinajstić information content (AvgIpc) is 2.15. The zero-order valence-corrected chi connectivity index (χ0v) is 9.07. The molecule has 2 heterocycles. The van der Waals surface area contributed by atoms with E-state index in [1.807, 2.05) is 7.05 Å². The van der Waals surface area contributed by atoms with Crippen molar-refractivity contribution >= 4 is 17.3 Å². The fourth-order valence-electron chi connectivity index (χ4n) is 2.78. The molecule has 0 aromatic heterocycles. The number of piperidine rings is 2. The van der Waals surface area contributed by atoms with Crippen LogP contribution in [0.15, 0.2) is 0 Å². The third-order valence-corrected chi connectivity index (χ3v) is 3.80. The van der Waals surface area contributed by atoms with E-state index in [1.54, 1.807) is 0 Å². The van der Waals surface area contributed by atoms with E-state index in [-0.39, 0.29) is 0 Å². The number of nitrogens with zero attached hydrogens (tertiary/aromatic N) is 1. The van der Waals surface area contributed by atoms with Crippen LogP contribution in [0.5, 0.6) is 0 Å². The van der Waals surface area contributed by atoms with E-state index in [0.717, 1.165) is 17.2 Å².